The number of nitrogens with zero attached hydrogens (tertiary/aromatic N) is 2. The number of hydrogen-bond acceptors (Lipinski definition) is 3. The molecular weight excluding hydrogens is 274 g/mol. The Morgan fingerprint density at radius 3 is 2.86 bits per heavy atom. The lowest BCUT2D eigenvalue weighted by Crippen LogP contribution is -2.38. The number of para-hydroxylation sites is 2. The molecule has 1 aliphatic rings. The van der Waals surface area contributed by atoms with Crippen molar-refractivity contribution >= 4 is 11.0 Å². The van der Waals surface area contributed by atoms with Crippen LogP contribution in [0.2, 0.25) is 0 Å². The van der Waals surface area contributed by atoms with Gasteiger partial charge in [0.2, 0.25) is 0 Å². The lowest BCUT2D eigenvalue weighted by molar-refractivity contribution is 0.0912. The van der Waals surface area contributed by atoms with Gasteiger partial charge in [-0.05, 0) is 50.9 Å². The predicted octanol–water partition coefficient (Wildman–Crippen LogP) is 3.07. The van der Waals surface area contributed by atoms with Crippen LogP contribution < -0.4 is 0 Å². The molecule has 1 fully saturated rings. The number of β-amino-alcohol motifs (C(OH)–C–C–N with tert-alkyl or cyclic N) is 1. The topological polar surface area (TPSA) is 52.1 Å². The fourth-order valence-corrected chi connectivity index (χ4v) is 3.25. The van der Waals surface area contributed by atoms with Crippen molar-refractivity contribution in [3.05, 3.63) is 42.7 Å². The maximum atomic E-state index is 10.0. The van der Waals surface area contributed by atoms with Crippen molar-refractivity contribution in [3.8, 4) is 0 Å². The molecule has 0 radical (unpaired) electrons. The van der Waals surface area contributed by atoms with Gasteiger partial charge in [0, 0.05) is 12.5 Å². The summed E-state index contributed by atoms with van der Waals surface area (Å²) < 4.78 is 0. The third-order valence-corrected chi connectivity index (χ3v) is 4.55. The van der Waals surface area contributed by atoms with Crippen LogP contribution in [0.1, 0.15) is 37.4 Å². The van der Waals surface area contributed by atoms with Crippen molar-refractivity contribution < 1.29 is 5.11 Å². The maximum Gasteiger partial charge on any atom is 0.110 e. The zero-order chi connectivity index (χ0) is 15.4. The minimum atomic E-state index is -0.235. The van der Waals surface area contributed by atoms with Crippen molar-refractivity contribution in [2.75, 3.05) is 19.6 Å². The van der Waals surface area contributed by atoms with Gasteiger partial charge < -0.3 is 15.0 Å². The Hall–Kier alpha value is -1.65. The predicted molar refractivity (Wildman–Crippen MR) is 89.9 cm³/mol. The van der Waals surface area contributed by atoms with Gasteiger partial charge in [0.15, 0.2) is 0 Å². The van der Waals surface area contributed by atoms with Crippen molar-refractivity contribution in [1.29, 1.82) is 0 Å². The summed E-state index contributed by atoms with van der Waals surface area (Å²) in [6.07, 6.45) is 5.54. The van der Waals surface area contributed by atoms with Gasteiger partial charge in [-0.15, -0.1) is 6.58 Å². The Morgan fingerprint density at radius 2 is 2.14 bits per heavy atom. The van der Waals surface area contributed by atoms with E-state index in [4.69, 9.17) is 4.98 Å². The van der Waals surface area contributed by atoms with E-state index >= 15 is 0 Å². The van der Waals surface area contributed by atoms with E-state index in [-0.39, 0.29) is 6.10 Å². The summed E-state index contributed by atoms with van der Waals surface area (Å²) in [6, 6.07) is 8.20. The average molecular weight is 299 g/mol. The number of allylic oxidation sites excluding steroid dienone is 1. The van der Waals surface area contributed by atoms with Crippen LogP contribution in [0.3, 0.4) is 0 Å². The molecule has 0 bridgehead atoms. The highest BCUT2D eigenvalue weighted by Gasteiger charge is 2.24. The van der Waals surface area contributed by atoms with Gasteiger partial charge in [0.05, 0.1) is 17.1 Å². The normalized spacial score (nSPS) is 18.6. The van der Waals surface area contributed by atoms with E-state index in [1.54, 1.807) is 0 Å². The quantitative estimate of drug-likeness (QED) is 0.806. The number of aromatic nitrogens is 2. The van der Waals surface area contributed by atoms with Gasteiger partial charge in [0.1, 0.15) is 5.82 Å². The van der Waals surface area contributed by atoms with E-state index in [0.717, 1.165) is 62.2 Å². The highest BCUT2D eigenvalue weighted by atomic mass is 16.3. The molecule has 4 nitrogen and oxygen atoms in total. The largest absolute Gasteiger partial charge is 0.392 e. The van der Waals surface area contributed by atoms with Crippen LogP contribution in [-0.2, 0) is 0 Å². The molecule has 0 amide bonds. The second-order valence-electron chi connectivity index (χ2n) is 6.23. The first-order valence-corrected chi connectivity index (χ1v) is 8.22. The van der Waals surface area contributed by atoms with Crippen LogP contribution in [0.5, 0.6) is 0 Å². The summed E-state index contributed by atoms with van der Waals surface area (Å²) in [4.78, 5) is 10.6. The summed E-state index contributed by atoms with van der Waals surface area (Å²) in [7, 11) is 0. The molecule has 0 saturated carbocycles. The number of hydrogen-bond donors (Lipinski definition) is 2. The molecule has 1 aliphatic heterocycles. The van der Waals surface area contributed by atoms with E-state index in [9.17, 15) is 5.11 Å². The number of likely N-dealkylation sites (tertiary alicyclic amines) is 1. The standard InChI is InChI=1S/C18H25N3O/c1-2-3-6-15(22)13-21-11-9-14(10-12-21)18-19-16-7-4-5-8-17(16)20-18/h2,4-5,7-8,14-15,22H,1,3,6,9-13H2,(H,19,20). The Balaban J connectivity index is 1.54. The molecule has 3 rings (SSSR count). The molecule has 0 aliphatic carbocycles. The third-order valence-electron chi connectivity index (χ3n) is 4.55. The second kappa shape index (κ2) is 7.07. The number of aliphatic hydroxyl groups is 1. The van der Waals surface area contributed by atoms with Crippen LogP contribution in [0.25, 0.3) is 11.0 Å². The molecule has 2 heterocycles. The number of nitrogens with one attached hydrogen (secondary N) is 1. The summed E-state index contributed by atoms with van der Waals surface area (Å²) in [5.74, 6) is 1.63. The summed E-state index contributed by atoms with van der Waals surface area (Å²) in [5, 5.41) is 10.0. The number of fused-ring (bicyclic) bond motifs is 1. The number of imidazole rings is 1. The molecule has 2 N–H and O–H groups in total. The van der Waals surface area contributed by atoms with Gasteiger partial charge in [0.25, 0.3) is 0 Å². The number of piperidine rings is 1. The first-order valence-electron chi connectivity index (χ1n) is 8.22. The molecule has 1 atom stereocenters. The Morgan fingerprint density at radius 1 is 1.36 bits per heavy atom. The molecule has 2 aromatic rings. The summed E-state index contributed by atoms with van der Waals surface area (Å²) in [5.41, 5.74) is 2.18. The van der Waals surface area contributed by atoms with E-state index < -0.39 is 0 Å². The first kappa shape index (κ1) is 15.3. The smallest absolute Gasteiger partial charge is 0.110 e. The number of aromatic amines is 1. The second-order valence-corrected chi connectivity index (χ2v) is 6.23. The Kier molecular flexibility index (Phi) is 4.90. The third kappa shape index (κ3) is 3.57. The lowest BCUT2D eigenvalue weighted by Gasteiger charge is -2.32. The molecule has 1 saturated heterocycles. The van der Waals surface area contributed by atoms with E-state index in [1.165, 1.54) is 0 Å². The minimum Gasteiger partial charge on any atom is -0.392 e. The highest BCUT2D eigenvalue weighted by Crippen LogP contribution is 2.27. The number of aliphatic hydroxyl groups excluding tert-OH is 1. The van der Waals surface area contributed by atoms with Gasteiger partial charge in [-0.3, -0.25) is 0 Å². The van der Waals surface area contributed by atoms with Crippen LogP contribution in [0, 0.1) is 0 Å². The fraction of sp³-hybridized carbons (Fsp3) is 0.500. The van der Waals surface area contributed by atoms with Crippen molar-refractivity contribution in [2.24, 2.45) is 0 Å². The molecule has 1 aromatic heterocycles. The van der Waals surface area contributed by atoms with Gasteiger partial charge in [-0.1, -0.05) is 18.2 Å². The minimum absolute atomic E-state index is 0.235. The molecule has 1 unspecified atom stereocenters. The summed E-state index contributed by atoms with van der Waals surface area (Å²) >= 11 is 0. The van der Waals surface area contributed by atoms with Crippen molar-refractivity contribution in [3.63, 3.8) is 0 Å². The van der Waals surface area contributed by atoms with E-state index in [2.05, 4.69) is 28.6 Å². The van der Waals surface area contributed by atoms with Crippen LogP contribution in [-0.4, -0.2) is 45.7 Å². The van der Waals surface area contributed by atoms with E-state index in [0.29, 0.717) is 5.92 Å². The average Bonchev–Trinajstić information content (AvgIpc) is 2.97. The molecule has 22 heavy (non-hydrogen) atoms. The number of benzene rings is 1. The Bertz CT molecular complexity index is 581. The highest BCUT2D eigenvalue weighted by molar-refractivity contribution is 5.74. The molecule has 1 aromatic carbocycles. The van der Waals surface area contributed by atoms with Crippen LogP contribution >= 0.6 is 0 Å². The zero-order valence-electron chi connectivity index (χ0n) is 13.0. The van der Waals surface area contributed by atoms with Crippen molar-refractivity contribution in [1.82, 2.24) is 14.9 Å². The lowest BCUT2D eigenvalue weighted by atomic mass is 9.96. The van der Waals surface area contributed by atoms with Crippen LogP contribution in [0.4, 0.5) is 0 Å². The number of H-pyrrole nitrogens is 1. The fourth-order valence-electron chi connectivity index (χ4n) is 3.25. The zero-order valence-corrected chi connectivity index (χ0v) is 13.0. The SMILES string of the molecule is C=CCCC(O)CN1CCC(c2nc3ccccc3[nH]2)CC1. The van der Waals surface area contributed by atoms with Gasteiger partial charge >= 0.3 is 0 Å². The monoisotopic (exact) mass is 299 g/mol. The molecule has 4 heteroatoms. The summed E-state index contributed by atoms with van der Waals surface area (Å²) in [6.45, 7) is 6.55. The molecular formula is C18H25N3O. The Labute approximate surface area is 131 Å². The maximum absolute atomic E-state index is 10.0. The number of rotatable bonds is 6. The van der Waals surface area contributed by atoms with Crippen LogP contribution in [0.15, 0.2) is 36.9 Å². The molecule has 118 valence electrons. The first-order chi connectivity index (χ1) is 10.8. The van der Waals surface area contributed by atoms with E-state index in [1.807, 2.05) is 18.2 Å². The molecule has 0 spiro atoms. The van der Waals surface area contributed by atoms with Crippen molar-refractivity contribution in [2.45, 2.75) is 37.7 Å². The van der Waals surface area contributed by atoms with Gasteiger partial charge in [-0.25, -0.2) is 4.98 Å². The van der Waals surface area contributed by atoms with Gasteiger partial charge in [-0.2, -0.15) is 0 Å².